The summed E-state index contributed by atoms with van der Waals surface area (Å²) in [6.45, 7) is 4.01. The lowest BCUT2D eigenvalue weighted by Crippen LogP contribution is -2.20. The standard InChI is InChI=1S/C21H21N5O2/c1-13(2)18-19-21(26(25-18)14-8-4-3-5-9-14)24-20(23-19)15-10-6-7-11-16(15)28-12-17(22)27/h3-11,13H,12H2,1-2H3,(H2,22,27)(H,23,24). The number of aromatic nitrogens is 4. The highest BCUT2D eigenvalue weighted by Crippen LogP contribution is 2.32. The third kappa shape index (κ3) is 3.22. The summed E-state index contributed by atoms with van der Waals surface area (Å²) < 4.78 is 7.41. The highest BCUT2D eigenvalue weighted by molar-refractivity contribution is 5.82. The second-order valence-electron chi connectivity index (χ2n) is 6.82. The van der Waals surface area contributed by atoms with Crippen molar-refractivity contribution in [1.29, 1.82) is 0 Å². The van der Waals surface area contributed by atoms with Crippen molar-refractivity contribution in [3.63, 3.8) is 0 Å². The van der Waals surface area contributed by atoms with Gasteiger partial charge in [0.25, 0.3) is 5.91 Å². The van der Waals surface area contributed by atoms with Crippen molar-refractivity contribution in [1.82, 2.24) is 19.7 Å². The summed E-state index contributed by atoms with van der Waals surface area (Å²) in [6.07, 6.45) is 0. The fourth-order valence-electron chi connectivity index (χ4n) is 3.12. The summed E-state index contributed by atoms with van der Waals surface area (Å²) in [5.74, 6) is 0.894. The first-order valence-electron chi connectivity index (χ1n) is 9.09. The van der Waals surface area contributed by atoms with Gasteiger partial charge in [0.2, 0.25) is 0 Å². The van der Waals surface area contributed by atoms with Crippen LogP contribution < -0.4 is 10.5 Å². The molecule has 142 valence electrons. The first-order valence-corrected chi connectivity index (χ1v) is 9.09. The van der Waals surface area contributed by atoms with E-state index in [1.807, 2.05) is 53.2 Å². The number of rotatable bonds is 6. The molecule has 2 aromatic heterocycles. The maximum absolute atomic E-state index is 11.1. The lowest BCUT2D eigenvalue weighted by atomic mass is 10.1. The Morgan fingerprint density at radius 3 is 2.57 bits per heavy atom. The summed E-state index contributed by atoms with van der Waals surface area (Å²) in [7, 11) is 0. The van der Waals surface area contributed by atoms with E-state index in [2.05, 4.69) is 18.8 Å². The molecule has 0 aliphatic carbocycles. The summed E-state index contributed by atoms with van der Waals surface area (Å²) in [6, 6.07) is 17.3. The number of nitrogens with two attached hydrogens (primary N) is 1. The number of para-hydroxylation sites is 2. The van der Waals surface area contributed by atoms with Crippen molar-refractivity contribution in [2.24, 2.45) is 5.73 Å². The van der Waals surface area contributed by atoms with E-state index in [1.165, 1.54) is 0 Å². The summed E-state index contributed by atoms with van der Waals surface area (Å²) in [4.78, 5) is 19.3. The molecule has 0 bridgehead atoms. The van der Waals surface area contributed by atoms with Crippen molar-refractivity contribution in [3.8, 4) is 22.8 Å². The zero-order valence-corrected chi connectivity index (χ0v) is 15.7. The average Bonchev–Trinajstić information content (AvgIpc) is 3.26. The van der Waals surface area contributed by atoms with Crippen LogP contribution in [0.1, 0.15) is 25.5 Å². The van der Waals surface area contributed by atoms with Gasteiger partial charge in [-0.05, 0) is 30.2 Å². The number of carbonyl (C=O) groups excluding carboxylic acids is 1. The van der Waals surface area contributed by atoms with Gasteiger partial charge in [-0.25, -0.2) is 9.67 Å². The zero-order valence-electron chi connectivity index (χ0n) is 15.7. The molecule has 0 atom stereocenters. The van der Waals surface area contributed by atoms with Crippen molar-refractivity contribution >= 4 is 17.1 Å². The van der Waals surface area contributed by atoms with Crippen LogP contribution in [0.3, 0.4) is 0 Å². The number of amides is 1. The van der Waals surface area contributed by atoms with Gasteiger partial charge in [0.1, 0.15) is 17.1 Å². The Bertz CT molecular complexity index is 1130. The predicted molar refractivity (Wildman–Crippen MR) is 107 cm³/mol. The van der Waals surface area contributed by atoms with Crippen LogP contribution in [0.4, 0.5) is 0 Å². The number of imidazole rings is 1. The van der Waals surface area contributed by atoms with Crippen molar-refractivity contribution < 1.29 is 9.53 Å². The number of ether oxygens (including phenoxy) is 1. The molecule has 0 aliphatic rings. The van der Waals surface area contributed by atoms with Gasteiger partial charge in [-0.15, -0.1) is 0 Å². The van der Waals surface area contributed by atoms with Gasteiger partial charge in [0.15, 0.2) is 12.3 Å². The molecule has 7 nitrogen and oxygen atoms in total. The molecule has 0 saturated carbocycles. The van der Waals surface area contributed by atoms with Crippen LogP contribution in [0.15, 0.2) is 54.6 Å². The third-order valence-corrected chi connectivity index (χ3v) is 4.41. The minimum atomic E-state index is -0.527. The monoisotopic (exact) mass is 375 g/mol. The van der Waals surface area contributed by atoms with Gasteiger partial charge in [-0.2, -0.15) is 5.10 Å². The van der Waals surface area contributed by atoms with E-state index in [9.17, 15) is 4.79 Å². The molecule has 2 heterocycles. The molecular weight excluding hydrogens is 354 g/mol. The van der Waals surface area contributed by atoms with Gasteiger partial charge in [0.05, 0.1) is 16.9 Å². The van der Waals surface area contributed by atoms with Crippen LogP contribution in [-0.2, 0) is 4.79 Å². The summed E-state index contributed by atoms with van der Waals surface area (Å²) in [5.41, 5.74) is 9.48. The molecule has 0 aliphatic heterocycles. The molecule has 1 amide bonds. The first kappa shape index (κ1) is 17.8. The molecule has 0 radical (unpaired) electrons. The Morgan fingerprint density at radius 2 is 1.86 bits per heavy atom. The molecule has 28 heavy (non-hydrogen) atoms. The highest BCUT2D eigenvalue weighted by Gasteiger charge is 2.20. The lowest BCUT2D eigenvalue weighted by Gasteiger charge is -2.08. The van der Waals surface area contributed by atoms with Crippen LogP contribution in [-0.4, -0.2) is 32.3 Å². The highest BCUT2D eigenvalue weighted by atomic mass is 16.5. The van der Waals surface area contributed by atoms with Crippen molar-refractivity contribution in [3.05, 3.63) is 60.3 Å². The number of hydrogen-bond donors (Lipinski definition) is 2. The second-order valence-corrected chi connectivity index (χ2v) is 6.82. The van der Waals surface area contributed by atoms with Gasteiger partial charge >= 0.3 is 0 Å². The number of nitrogens with zero attached hydrogens (tertiary/aromatic N) is 3. The Labute approximate surface area is 162 Å². The van der Waals surface area contributed by atoms with Gasteiger partial charge in [0, 0.05) is 0 Å². The molecule has 0 saturated heterocycles. The average molecular weight is 375 g/mol. The van der Waals surface area contributed by atoms with Crippen LogP contribution in [0.2, 0.25) is 0 Å². The number of primary amides is 1. The van der Waals surface area contributed by atoms with E-state index in [0.717, 1.165) is 28.1 Å². The molecule has 0 unspecified atom stereocenters. The lowest BCUT2D eigenvalue weighted by molar-refractivity contribution is -0.119. The van der Waals surface area contributed by atoms with E-state index < -0.39 is 5.91 Å². The van der Waals surface area contributed by atoms with Crippen LogP contribution in [0.25, 0.3) is 28.2 Å². The van der Waals surface area contributed by atoms with E-state index in [0.29, 0.717) is 11.6 Å². The fourth-order valence-corrected chi connectivity index (χ4v) is 3.12. The summed E-state index contributed by atoms with van der Waals surface area (Å²) >= 11 is 0. The molecule has 7 heteroatoms. The number of nitrogens with one attached hydrogen (secondary N) is 1. The largest absolute Gasteiger partial charge is 0.483 e. The van der Waals surface area contributed by atoms with Gasteiger partial charge < -0.3 is 15.5 Å². The van der Waals surface area contributed by atoms with Crippen LogP contribution in [0.5, 0.6) is 5.75 Å². The minimum absolute atomic E-state index is 0.188. The summed E-state index contributed by atoms with van der Waals surface area (Å²) in [5, 5.41) is 4.77. The van der Waals surface area contributed by atoms with Crippen molar-refractivity contribution in [2.75, 3.05) is 6.61 Å². The van der Waals surface area contributed by atoms with E-state index in [4.69, 9.17) is 20.6 Å². The topological polar surface area (TPSA) is 98.8 Å². The van der Waals surface area contributed by atoms with E-state index in [1.54, 1.807) is 6.07 Å². The quantitative estimate of drug-likeness (QED) is 0.539. The Morgan fingerprint density at radius 1 is 1.14 bits per heavy atom. The number of H-pyrrole nitrogens is 1. The van der Waals surface area contributed by atoms with E-state index >= 15 is 0 Å². The third-order valence-electron chi connectivity index (χ3n) is 4.41. The molecule has 3 N–H and O–H groups in total. The zero-order chi connectivity index (χ0) is 19.7. The Balaban J connectivity index is 1.86. The fraction of sp³-hybridized carbons (Fsp3) is 0.190. The predicted octanol–water partition coefficient (Wildman–Crippen LogP) is 3.40. The maximum atomic E-state index is 11.1. The molecule has 2 aromatic carbocycles. The molecular formula is C21H21N5O2. The Hall–Kier alpha value is -3.61. The SMILES string of the molecule is CC(C)c1nn(-c2ccccc2)c2nc(-c3ccccc3OCC(N)=O)[nH]c12. The number of fused-ring (bicyclic) bond motifs is 1. The number of benzene rings is 2. The smallest absolute Gasteiger partial charge is 0.255 e. The van der Waals surface area contributed by atoms with Crippen molar-refractivity contribution in [2.45, 2.75) is 19.8 Å². The normalized spacial score (nSPS) is 11.2. The number of carbonyl (C=O) groups is 1. The maximum Gasteiger partial charge on any atom is 0.255 e. The van der Waals surface area contributed by atoms with Gasteiger partial charge in [-0.3, -0.25) is 4.79 Å². The second kappa shape index (κ2) is 7.19. The number of hydrogen-bond acceptors (Lipinski definition) is 4. The Kier molecular flexibility index (Phi) is 4.57. The minimum Gasteiger partial charge on any atom is -0.483 e. The van der Waals surface area contributed by atoms with E-state index in [-0.39, 0.29) is 12.5 Å². The van der Waals surface area contributed by atoms with Crippen LogP contribution in [0, 0.1) is 0 Å². The van der Waals surface area contributed by atoms with Gasteiger partial charge in [-0.1, -0.05) is 44.2 Å². The molecule has 4 aromatic rings. The van der Waals surface area contributed by atoms with Crippen LogP contribution >= 0.6 is 0 Å². The number of aromatic amines is 1. The molecule has 4 rings (SSSR count). The molecule has 0 fully saturated rings. The first-order chi connectivity index (χ1) is 13.5. The molecule has 0 spiro atoms.